The van der Waals surface area contributed by atoms with Crippen LogP contribution in [0.2, 0.25) is 0 Å². The zero-order valence-corrected chi connectivity index (χ0v) is 21.3. The van der Waals surface area contributed by atoms with Crippen molar-refractivity contribution < 1.29 is 0 Å². The van der Waals surface area contributed by atoms with Crippen LogP contribution in [-0.4, -0.2) is 9.97 Å². The summed E-state index contributed by atoms with van der Waals surface area (Å²) in [5.74, 6) is 0. The van der Waals surface area contributed by atoms with Gasteiger partial charge in [-0.15, -0.1) is 22.7 Å². The van der Waals surface area contributed by atoms with Crippen molar-refractivity contribution in [2.24, 2.45) is 0 Å². The van der Waals surface area contributed by atoms with E-state index in [1.807, 2.05) is 22.7 Å². The number of fused-ring (bicyclic) bond motifs is 2. The highest BCUT2D eigenvalue weighted by Gasteiger charge is 2.09. The molecule has 4 heteroatoms. The fraction of sp³-hybridized carbons (Fsp3) is 0.500. The van der Waals surface area contributed by atoms with Crippen molar-refractivity contribution in [3.63, 3.8) is 0 Å². The zero-order chi connectivity index (χ0) is 22.2. The molecule has 0 atom stereocenters. The number of thiazole rings is 2. The fourth-order valence-electron chi connectivity index (χ4n) is 4.28. The molecule has 0 N–H and O–H groups in total. The van der Waals surface area contributed by atoms with Crippen molar-refractivity contribution in [3.05, 3.63) is 46.4 Å². The molecule has 0 bridgehead atoms. The first-order chi connectivity index (χ1) is 15.8. The summed E-state index contributed by atoms with van der Waals surface area (Å²) in [4.78, 5) is 9.75. The van der Waals surface area contributed by atoms with Gasteiger partial charge in [-0.1, -0.05) is 77.3 Å². The topological polar surface area (TPSA) is 25.8 Å². The maximum atomic E-state index is 4.88. The van der Waals surface area contributed by atoms with Gasteiger partial charge in [0.05, 0.1) is 30.4 Å². The zero-order valence-electron chi connectivity index (χ0n) is 19.7. The predicted molar refractivity (Wildman–Crippen MR) is 143 cm³/mol. The second-order valence-electron chi connectivity index (χ2n) is 8.91. The van der Waals surface area contributed by atoms with Gasteiger partial charge in [-0.2, -0.15) is 0 Å². The SMILES string of the molecule is CCCCCCCc1nc2ccc(-c3ccc4nc(CCCCCCC)sc4c3)cc2s1. The van der Waals surface area contributed by atoms with Crippen LogP contribution >= 0.6 is 22.7 Å². The Morgan fingerprint density at radius 3 is 1.44 bits per heavy atom. The summed E-state index contributed by atoms with van der Waals surface area (Å²) in [5.41, 5.74) is 4.86. The third-order valence-electron chi connectivity index (χ3n) is 6.19. The number of unbranched alkanes of at least 4 members (excludes halogenated alkanes) is 8. The molecule has 2 aromatic heterocycles. The van der Waals surface area contributed by atoms with Crippen LogP contribution in [-0.2, 0) is 12.8 Å². The van der Waals surface area contributed by atoms with Gasteiger partial charge in [0, 0.05) is 0 Å². The number of nitrogens with zero attached hydrogens (tertiary/aromatic N) is 2. The molecule has 0 saturated heterocycles. The van der Waals surface area contributed by atoms with Crippen LogP contribution < -0.4 is 0 Å². The third kappa shape index (κ3) is 6.17. The molecule has 0 unspecified atom stereocenters. The van der Waals surface area contributed by atoms with E-state index in [2.05, 4.69) is 50.2 Å². The van der Waals surface area contributed by atoms with Gasteiger partial charge in [-0.25, -0.2) is 9.97 Å². The number of aryl methyl sites for hydroxylation is 2. The molecule has 2 heterocycles. The highest BCUT2D eigenvalue weighted by molar-refractivity contribution is 7.19. The van der Waals surface area contributed by atoms with E-state index in [1.54, 1.807) is 0 Å². The van der Waals surface area contributed by atoms with E-state index in [4.69, 9.17) is 9.97 Å². The van der Waals surface area contributed by atoms with Crippen LogP contribution in [0.3, 0.4) is 0 Å². The minimum Gasteiger partial charge on any atom is -0.241 e. The molecule has 0 amide bonds. The van der Waals surface area contributed by atoms with E-state index in [0.717, 1.165) is 23.9 Å². The lowest BCUT2D eigenvalue weighted by Gasteiger charge is -2.01. The molecule has 0 fully saturated rings. The summed E-state index contributed by atoms with van der Waals surface area (Å²) in [6.45, 7) is 4.54. The first kappa shape index (κ1) is 23.4. The highest BCUT2D eigenvalue weighted by atomic mass is 32.1. The smallest absolute Gasteiger partial charge is 0.0938 e. The lowest BCUT2D eigenvalue weighted by Crippen LogP contribution is -1.84. The highest BCUT2D eigenvalue weighted by Crippen LogP contribution is 2.32. The van der Waals surface area contributed by atoms with Gasteiger partial charge in [-0.3, -0.25) is 0 Å². The van der Waals surface area contributed by atoms with Crippen LogP contribution in [0.1, 0.15) is 88.1 Å². The Bertz CT molecular complexity index is 1040. The maximum Gasteiger partial charge on any atom is 0.0938 e. The molecular formula is C28H36N2S2. The van der Waals surface area contributed by atoms with E-state index in [-0.39, 0.29) is 0 Å². The van der Waals surface area contributed by atoms with Gasteiger partial charge >= 0.3 is 0 Å². The molecule has 0 radical (unpaired) electrons. The lowest BCUT2D eigenvalue weighted by atomic mass is 10.1. The molecule has 4 aromatic rings. The molecule has 170 valence electrons. The summed E-state index contributed by atoms with van der Waals surface area (Å²) in [6.07, 6.45) is 15.4. The standard InChI is InChI=1S/C28H36N2S2/c1-3-5-7-9-11-13-27-29-23-17-15-21(19-25(23)31-27)22-16-18-24-26(20-22)32-28(30-24)14-12-10-8-6-4-2/h15-20H,3-14H2,1-2H3. The van der Waals surface area contributed by atoms with Crippen molar-refractivity contribution in [3.8, 4) is 11.1 Å². The van der Waals surface area contributed by atoms with Crippen LogP contribution in [0, 0.1) is 0 Å². The number of benzene rings is 2. The minimum atomic E-state index is 1.12. The summed E-state index contributed by atoms with van der Waals surface area (Å²) in [7, 11) is 0. The van der Waals surface area contributed by atoms with Gasteiger partial charge in [0.2, 0.25) is 0 Å². The first-order valence-corrected chi connectivity index (χ1v) is 14.2. The molecule has 2 aromatic carbocycles. The Labute approximate surface area is 201 Å². The molecule has 2 nitrogen and oxygen atoms in total. The summed E-state index contributed by atoms with van der Waals surface area (Å²) >= 11 is 3.74. The van der Waals surface area contributed by atoms with Crippen molar-refractivity contribution in [2.75, 3.05) is 0 Å². The van der Waals surface area contributed by atoms with Crippen molar-refractivity contribution in [2.45, 2.75) is 90.9 Å². The molecule has 0 spiro atoms. The average molecular weight is 465 g/mol. The van der Waals surface area contributed by atoms with Crippen LogP contribution in [0.15, 0.2) is 36.4 Å². The van der Waals surface area contributed by atoms with Gasteiger partial charge in [-0.05, 0) is 61.1 Å². The van der Waals surface area contributed by atoms with Crippen molar-refractivity contribution in [1.82, 2.24) is 9.97 Å². The van der Waals surface area contributed by atoms with Gasteiger partial charge in [0.1, 0.15) is 0 Å². The summed E-state index contributed by atoms with van der Waals surface area (Å²) in [5, 5.41) is 2.57. The number of aromatic nitrogens is 2. The minimum absolute atomic E-state index is 1.12. The Kier molecular flexibility index (Phi) is 8.69. The number of rotatable bonds is 13. The van der Waals surface area contributed by atoms with E-state index >= 15 is 0 Å². The Balaban J connectivity index is 1.42. The molecule has 0 saturated carbocycles. The van der Waals surface area contributed by atoms with E-state index in [1.165, 1.54) is 94.8 Å². The molecule has 32 heavy (non-hydrogen) atoms. The van der Waals surface area contributed by atoms with Gasteiger partial charge in [0.15, 0.2) is 0 Å². The molecule has 0 aliphatic carbocycles. The quantitative estimate of drug-likeness (QED) is 0.184. The predicted octanol–water partition coefficient (Wildman–Crippen LogP) is 9.60. The third-order valence-corrected chi connectivity index (χ3v) is 8.34. The Morgan fingerprint density at radius 2 is 1.00 bits per heavy atom. The van der Waals surface area contributed by atoms with E-state index in [0.29, 0.717) is 0 Å². The summed E-state index contributed by atoms with van der Waals surface area (Å²) < 4.78 is 2.62. The van der Waals surface area contributed by atoms with Crippen LogP contribution in [0.5, 0.6) is 0 Å². The second kappa shape index (κ2) is 11.9. The van der Waals surface area contributed by atoms with Crippen molar-refractivity contribution >= 4 is 43.1 Å². The van der Waals surface area contributed by atoms with Gasteiger partial charge in [0.25, 0.3) is 0 Å². The molecule has 0 aliphatic heterocycles. The molecule has 0 aliphatic rings. The monoisotopic (exact) mass is 464 g/mol. The normalized spacial score (nSPS) is 11.7. The van der Waals surface area contributed by atoms with E-state index < -0.39 is 0 Å². The largest absolute Gasteiger partial charge is 0.241 e. The molecular weight excluding hydrogens is 428 g/mol. The van der Waals surface area contributed by atoms with Crippen molar-refractivity contribution in [1.29, 1.82) is 0 Å². The Hall–Kier alpha value is -1.78. The average Bonchev–Trinajstić information content (AvgIpc) is 3.40. The van der Waals surface area contributed by atoms with Crippen LogP contribution in [0.4, 0.5) is 0 Å². The summed E-state index contributed by atoms with van der Waals surface area (Å²) in [6, 6.07) is 13.5. The maximum absolute atomic E-state index is 4.88. The molecule has 4 rings (SSSR count). The fourth-order valence-corrected chi connectivity index (χ4v) is 6.37. The van der Waals surface area contributed by atoms with Gasteiger partial charge < -0.3 is 0 Å². The first-order valence-electron chi connectivity index (χ1n) is 12.6. The van der Waals surface area contributed by atoms with E-state index in [9.17, 15) is 0 Å². The number of hydrogen-bond donors (Lipinski definition) is 0. The lowest BCUT2D eigenvalue weighted by molar-refractivity contribution is 0.631. The second-order valence-corrected chi connectivity index (χ2v) is 11.1. The van der Waals surface area contributed by atoms with Crippen LogP contribution in [0.25, 0.3) is 31.6 Å². The number of hydrogen-bond acceptors (Lipinski definition) is 4. The Morgan fingerprint density at radius 1 is 0.562 bits per heavy atom.